The number of hydrogen-bond donors (Lipinski definition) is 0. The average Bonchev–Trinajstić information content (AvgIpc) is 3.58. The van der Waals surface area contributed by atoms with Crippen LogP contribution in [0.2, 0.25) is 0 Å². The summed E-state index contributed by atoms with van der Waals surface area (Å²) in [7, 11) is 0. The summed E-state index contributed by atoms with van der Waals surface area (Å²) < 4.78 is 0. The summed E-state index contributed by atoms with van der Waals surface area (Å²) in [4.78, 5) is 15.0. The Morgan fingerprint density at radius 3 is 1.20 bits per heavy atom. The number of aromatic nitrogens is 3. The highest BCUT2D eigenvalue weighted by atomic mass is 15.0. The van der Waals surface area contributed by atoms with Gasteiger partial charge in [-0.25, -0.2) is 15.0 Å². The van der Waals surface area contributed by atoms with Crippen molar-refractivity contribution in [2.75, 3.05) is 0 Å². The zero-order valence-electron chi connectivity index (χ0n) is 30.0. The van der Waals surface area contributed by atoms with Crippen molar-refractivity contribution in [1.29, 1.82) is 0 Å². The van der Waals surface area contributed by atoms with Crippen molar-refractivity contribution in [2.24, 2.45) is 0 Å². The molecule has 0 unspecified atom stereocenters. The van der Waals surface area contributed by atoms with Gasteiger partial charge in [0.05, 0.1) is 5.41 Å². The van der Waals surface area contributed by atoms with Gasteiger partial charge in [0.15, 0.2) is 17.5 Å². The second-order valence-electron chi connectivity index (χ2n) is 14.0. The van der Waals surface area contributed by atoms with E-state index in [-0.39, 0.29) is 0 Å². The zero-order chi connectivity index (χ0) is 36.6. The van der Waals surface area contributed by atoms with E-state index in [0.717, 1.165) is 38.9 Å². The first-order chi connectivity index (χ1) is 27.3. The van der Waals surface area contributed by atoms with E-state index in [4.69, 9.17) is 15.0 Å². The molecule has 10 rings (SSSR count). The molecule has 0 amide bonds. The Hall–Kier alpha value is -7.23. The van der Waals surface area contributed by atoms with Crippen LogP contribution in [0.15, 0.2) is 212 Å². The topological polar surface area (TPSA) is 38.7 Å². The SMILES string of the molecule is c1ccc(-c2cccc(-c3nc(-c4ccccc4)nc(-c4ccc(-c5ccc(C6(c7ccccc7)c7ccccc7-c7ccccc76)cc5)cc4)n3)c2)cc1. The summed E-state index contributed by atoms with van der Waals surface area (Å²) in [6.07, 6.45) is 0. The molecule has 0 bridgehead atoms. The lowest BCUT2D eigenvalue weighted by Gasteiger charge is -2.34. The molecule has 0 spiro atoms. The molecule has 55 heavy (non-hydrogen) atoms. The van der Waals surface area contributed by atoms with Crippen LogP contribution < -0.4 is 0 Å². The van der Waals surface area contributed by atoms with Gasteiger partial charge in [-0.05, 0) is 61.7 Å². The smallest absolute Gasteiger partial charge is 0.164 e. The Labute approximate surface area is 321 Å². The van der Waals surface area contributed by atoms with Gasteiger partial charge in [-0.15, -0.1) is 0 Å². The van der Waals surface area contributed by atoms with Crippen LogP contribution in [0.5, 0.6) is 0 Å². The third-order valence-electron chi connectivity index (χ3n) is 10.8. The monoisotopic (exact) mass is 701 g/mol. The molecule has 1 aliphatic rings. The number of nitrogens with zero attached hydrogens (tertiary/aromatic N) is 3. The molecule has 8 aromatic carbocycles. The van der Waals surface area contributed by atoms with E-state index < -0.39 is 5.41 Å². The van der Waals surface area contributed by atoms with Crippen LogP contribution in [-0.4, -0.2) is 15.0 Å². The van der Waals surface area contributed by atoms with Gasteiger partial charge < -0.3 is 0 Å². The lowest BCUT2D eigenvalue weighted by atomic mass is 9.67. The molecule has 3 heteroatoms. The molecule has 1 aliphatic carbocycles. The van der Waals surface area contributed by atoms with Crippen LogP contribution >= 0.6 is 0 Å². The van der Waals surface area contributed by atoms with Crippen molar-refractivity contribution in [3.63, 3.8) is 0 Å². The van der Waals surface area contributed by atoms with E-state index in [1.807, 2.05) is 36.4 Å². The molecule has 258 valence electrons. The van der Waals surface area contributed by atoms with E-state index >= 15 is 0 Å². The van der Waals surface area contributed by atoms with E-state index in [1.165, 1.54) is 33.4 Å². The van der Waals surface area contributed by atoms with Crippen molar-refractivity contribution < 1.29 is 0 Å². The molecule has 0 saturated carbocycles. The highest BCUT2D eigenvalue weighted by Gasteiger charge is 2.45. The molecule has 3 nitrogen and oxygen atoms in total. The third-order valence-corrected chi connectivity index (χ3v) is 10.8. The summed E-state index contributed by atoms with van der Waals surface area (Å²) in [6, 6.07) is 75.3. The normalized spacial score (nSPS) is 12.5. The standard InChI is InChI=1S/C52H35N3/c1-4-15-36(16-5-1)41-19-14-20-42(35-41)51-54-49(39-17-6-2-7-18-39)53-50(55-51)40-29-27-37(28-30-40)38-31-33-44(34-32-38)52(43-21-8-3-9-22-43)47-25-12-10-23-45(47)46-24-11-13-26-48(46)52/h1-35H. The van der Waals surface area contributed by atoms with E-state index in [0.29, 0.717) is 17.5 Å². The van der Waals surface area contributed by atoms with Crippen LogP contribution in [0.25, 0.3) is 67.5 Å². The molecule has 0 radical (unpaired) electrons. The molecule has 0 atom stereocenters. The first kappa shape index (κ1) is 32.4. The number of benzene rings is 8. The lowest BCUT2D eigenvalue weighted by Crippen LogP contribution is -2.28. The maximum Gasteiger partial charge on any atom is 0.164 e. The molecule has 1 heterocycles. The number of hydrogen-bond acceptors (Lipinski definition) is 3. The second kappa shape index (κ2) is 13.6. The fourth-order valence-corrected chi connectivity index (χ4v) is 8.26. The molecular formula is C52H35N3. The van der Waals surface area contributed by atoms with E-state index in [2.05, 4.69) is 176 Å². The fraction of sp³-hybridized carbons (Fsp3) is 0.0192. The molecule has 0 N–H and O–H groups in total. The predicted octanol–water partition coefficient (Wildman–Crippen LogP) is 12.6. The Bertz CT molecular complexity index is 2730. The predicted molar refractivity (Wildman–Crippen MR) is 224 cm³/mol. The van der Waals surface area contributed by atoms with Crippen molar-refractivity contribution >= 4 is 0 Å². The molecule has 0 aliphatic heterocycles. The van der Waals surface area contributed by atoms with Crippen LogP contribution in [0.3, 0.4) is 0 Å². The highest BCUT2D eigenvalue weighted by molar-refractivity contribution is 5.86. The molecule has 1 aromatic heterocycles. The Kier molecular flexibility index (Phi) is 8.04. The largest absolute Gasteiger partial charge is 0.208 e. The van der Waals surface area contributed by atoms with Gasteiger partial charge in [-0.2, -0.15) is 0 Å². The lowest BCUT2D eigenvalue weighted by molar-refractivity contribution is 0.768. The van der Waals surface area contributed by atoms with Gasteiger partial charge in [0.2, 0.25) is 0 Å². The van der Waals surface area contributed by atoms with Gasteiger partial charge >= 0.3 is 0 Å². The maximum absolute atomic E-state index is 5.04. The van der Waals surface area contributed by atoms with Crippen molar-refractivity contribution in [2.45, 2.75) is 5.41 Å². The Morgan fingerprint density at radius 2 is 0.618 bits per heavy atom. The number of rotatable bonds is 7. The summed E-state index contributed by atoms with van der Waals surface area (Å²) in [5.41, 5.74) is 14.7. The number of fused-ring (bicyclic) bond motifs is 3. The Balaban J connectivity index is 1.02. The Morgan fingerprint density at radius 1 is 0.255 bits per heavy atom. The van der Waals surface area contributed by atoms with Gasteiger partial charge in [0, 0.05) is 16.7 Å². The second-order valence-corrected chi connectivity index (χ2v) is 14.0. The maximum atomic E-state index is 5.04. The van der Waals surface area contributed by atoms with Crippen LogP contribution in [0.4, 0.5) is 0 Å². The highest BCUT2D eigenvalue weighted by Crippen LogP contribution is 2.56. The first-order valence-electron chi connectivity index (χ1n) is 18.7. The minimum absolute atomic E-state index is 0.412. The summed E-state index contributed by atoms with van der Waals surface area (Å²) in [5, 5.41) is 0. The van der Waals surface area contributed by atoms with Crippen LogP contribution in [0.1, 0.15) is 22.3 Å². The molecule has 9 aromatic rings. The van der Waals surface area contributed by atoms with Crippen LogP contribution in [0, 0.1) is 0 Å². The minimum Gasteiger partial charge on any atom is -0.208 e. The molecule has 0 saturated heterocycles. The van der Waals surface area contributed by atoms with Crippen molar-refractivity contribution in [3.05, 3.63) is 235 Å². The van der Waals surface area contributed by atoms with Crippen molar-refractivity contribution in [3.8, 4) is 67.5 Å². The minimum atomic E-state index is -0.412. The quantitative estimate of drug-likeness (QED) is 0.166. The van der Waals surface area contributed by atoms with Gasteiger partial charge in [0.25, 0.3) is 0 Å². The van der Waals surface area contributed by atoms with Gasteiger partial charge in [-0.3, -0.25) is 0 Å². The average molecular weight is 702 g/mol. The summed E-state index contributed by atoms with van der Waals surface area (Å²) in [6.45, 7) is 0. The fourth-order valence-electron chi connectivity index (χ4n) is 8.26. The van der Waals surface area contributed by atoms with Crippen molar-refractivity contribution in [1.82, 2.24) is 15.0 Å². The third kappa shape index (κ3) is 5.65. The molecule has 0 fully saturated rings. The van der Waals surface area contributed by atoms with Gasteiger partial charge in [-0.1, -0.05) is 206 Å². The van der Waals surface area contributed by atoms with E-state index in [1.54, 1.807) is 0 Å². The summed E-state index contributed by atoms with van der Waals surface area (Å²) in [5.74, 6) is 1.93. The summed E-state index contributed by atoms with van der Waals surface area (Å²) >= 11 is 0. The molecular weight excluding hydrogens is 667 g/mol. The van der Waals surface area contributed by atoms with Gasteiger partial charge in [0.1, 0.15) is 0 Å². The zero-order valence-corrected chi connectivity index (χ0v) is 30.0. The first-order valence-corrected chi connectivity index (χ1v) is 18.7. The van der Waals surface area contributed by atoms with Crippen LogP contribution in [-0.2, 0) is 5.41 Å². The van der Waals surface area contributed by atoms with E-state index in [9.17, 15) is 0 Å².